The molecule has 0 amide bonds. The summed E-state index contributed by atoms with van der Waals surface area (Å²) >= 11 is 6.91. The van der Waals surface area contributed by atoms with Gasteiger partial charge in [-0.2, -0.15) is 0 Å². The van der Waals surface area contributed by atoms with Crippen LogP contribution < -0.4 is 0 Å². The second-order valence-electron chi connectivity index (χ2n) is 4.90. The van der Waals surface area contributed by atoms with Gasteiger partial charge in [-0.1, -0.05) is 68.3 Å². The Labute approximate surface area is 131 Å². The highest BCUT2D eigenvalue weighted by molar-refractivity contribution is 8.22. The Balaban J connectivity index is 0.000000342. The van der Waals surface area contributed by atoms with Crippen molar-refractivity contribution >= 4 is 37.1 Å². The third kappa shape index (κ3) is 9.69. The molecule has 0 aromatic heterocycles. The van der Waals surface area contributed by atoms with E-state index in [4.69, 9.17) is 12.2 Å². The van der Waals surface area contributed by atoms with E-state index in [-0.39, 0.29) is 8.80 Å². The van der Waals surface area contributed by atoms with Crippen molar-refractivity contribution in [3.8, 4) is 0 Å². The van der Waals surface area contributed by atoms with Gasteiger partial charge in [0.25, 0.3) is 0 Å². The summed E-state index contributed by atoms with van der Waals surface area (Å²) < 4.78 is 1.03. The smallest absolute Gasteiger partial charge is 0.136 e. The van der Waals surface area contributed by atoms with Crippen molar-refractivity contribution in [1.29, 1.82) is 0 Å². The van der Waals surface area contributed by atoms with E-state index in [1.807, 2.05) is 0 Å². The van der Waals surface area contributed by atoms with Gasteiger partial charge in [-0.15, -0.1) is 6.58 Å². The lowest BCUT2D eigenvalue weighted by Crippen LogP contribution is -2.26. The van der Waals surface area contributed by atoms with Crippen molar-refractivity contribution in [2.45, 2.75) is 58.2 Å². The highest BCUT2D eigenvalue weighted by atomic mass is 32.2. The van der Waals surface area contributed by atoms with Crippen LogP contribution in [0.1, 0.15) is 40.0 Å². The molecular formula is C15H31NS2Si. The molecule has 1 fully saturated rings. The van der Waals surface area contributed by atoms with Crippen LogP contribution in [-0.4, -0.2) is 36.9 Å². The summed E-state index contributed by atoms with van der Waals surface area (Å²) in [6.07, 6.45) is 6.66. The van der Waals surface area contributed by atoms with Gasteiger partial charge in [-0.05, 0) is 25.6 Å². The fourth-order valence-electron chi connectivity index (χ4n) is 2.36. The first-order valence-electron chi connectivity index (χ1n) is 7.72. The molecule has 1 aliphatic heterocycles. The van der Waals surface area contributed by atoms with Crippen LogP contribution >= 0.6 is 24.0 Å². The van der Waals surface area contributed by atoms with E-state index in [0.717, 1.165) is 23.2 Å². The topological polar surface area (TPSA) is 3.24 Å². The minimum absolute atomic E-state index is 0.244. The van der Waals surface area contributed by atoms with E-state index >= 15 is 0 Å². The molecule has 1 heterocycles. The van der Waals surface area contributed by atoms with Gasteiger partial charge in [-0.25, -0.2) is 0 Å². The fraction of sp³-hybridized carbons (Fsp3) is 0.800. The van der Waals surface area contributed by atoms with Crippen LogP contribution in [0.5, 0.6) is 0 Å². The number of thiocarbonyl (C=S) groups is 1. The van der Waals surface area contributed by atoms with Crippen molar-refractivity contribution in [2.75, 3.05) is 18.8 Å². The van der Waals surface area contributed by atoms with Crippen LogP contribution in [0.4, 0.5) is 0 Å². The summed E-state index contributed by atoms with van der Waals surface area (Å²) in [4.78, 5) is 2.20. The molecule has 0 saturated carbocycles. The predicted octanol–water partition coefficient (Wildman–Crippen LogP) is 4.95. The summed E-state index contributed by atoms with van der Waals surface area (Å²) in [6.45, 7) is 12.2. The van der Waals surface area contributed by atoms with Gasteiger partial charge in [0.1, 0.15) is 4.32 Å². The minimum Gasteiger partial charge on any atom is -0.358 e. The lowest BCUT2D eigenvalue weighted by molar-refractivity contribution is 0.482. The Bertz CT molecular complexity index is 236. The van der Waals surface area contributed by atoms with E-state index in [2.05, 4.69) is 38.3 Å². The van der Waals surface area contributed by atoms with Crippen LogP contribution in [0.3, 0.4) is 0 Å². The molecule has 19 heavy (non-hydrogen) atoms. The van der Waals surface area contributed by atoms with Gasteiger partial charge < -0.3 is 4.90 Å². The quantitative estimate of drug-likeness (QED) is 0.401. The maximum absolute atomic E-state index is 5.16. The second kappa shape index (κ2) is 13.2. The Kier molecular flexibility index (Phi) is 13.3. The van der Waals surface area contributed by atoms with Gasteiger partial charge in [0, 0.05) is 21.9 Å². The summed E-state index contributed by atoms with van der Waals surface area (Å²) in [7, 11) is -0.244. The largest absolute Gasteiger partial charge is 0.358 e. The Morgan fingerprint density at radius 1 is 1.21 bits per heavy atom. The molecule has 1 rings (SSSR count). The maximum Gasteiger partial charge on any atom is 0.136 e. The lowest BCUT2D eigenvalue weighted by Gasteiger charge is -2.20. The molecule has 1 aliphatic rings. The van der Waals surface area contributed by atoms with Crippen molar-refractivity contribution in [2.24, 2.45) is 0 Å². The third-order valence-electron chi connectivity index (χ3n) is 3.51. The zero-order chi connectivity index (χ0) is 14.5. The standard InChI is InChI=1S/C8H16Si.C7H15NS2/c1-2-6-9-7-4-3-5-8-9;1-4-8(5-2)7(9)10-6-3/h2,9H,1,3-8H2;4-6H2,1-3H3. The van der Waals surface area contributed by atoms with Crippen LogP contribution in [0.15, 0.2) is 12.7 Å². The molecule has 0 aromatic carbocycles. The number of rotatable bonds is 5. The molecule has 0 N–H and O–H groups in total. The molecule has 0 unspecified atom stereocenters. The van der Waals surface area contributed by atoms with Crippen LogP contribution in [0, 0.1) is 0 Å². The molecule has 112 valence electrons. The van der Waals surface area contributed by atoms with Crippen LogP contribution in [0.2, 0.25) is 18.1 Å². The van der Waals surface area contributed by atoms with E-state index in [0.29, 0.717) is 0 Å². The first-order chi connectivity index (χ1) is 9.19. The molecule has 1 nitrogen and oxygen atoms in total. The van der Waals surface area contributed by atoms with E-state index in [1.54, 1.807) is 23.9 Å². The highest BCUT2D eigenvalue weighted by Crippen LogP contribution is 2.21. The zero-order valence-corrected chi connectivity index (χ0v) is 15.8. The van der Waals surface area contributed by atoms with Crippen molar-refractivity contribution < 1.29 is 0 Å². The highest BCUT2D eigenvalue weighted by Gasteiger charge is 2.12. The minimum atomic E-state index is -0.244. The first kappa shape index (κ1) is 19.2. The van der Waals surface area contributed by atoms with E-state index in [9.17, 15) is 0 Å². The molecule has 0 atom stereocenters. The number of hydrogen-bond donors (Lipinski definition) is 0. The zero-order valence-electron chi connectivity index (χ0n) is 13.0. The second-order valence-corrected chi connectivity index (χ2v) is 10.2. The molecule has 4 heteroatoms. The average Bonchev–Trinajstić information content (AvgIpc) is 2.43. The summed E-state index contributed by atoms with van der Waals surface area (Å²) in [6, 6.07) is 4.57. The summed E-state index contributed by atoms with van der Waals surface area (Å²) in [5.74, 6) is 1.08. The first-order valence-corrected chi connectivity index (χ1v) is 11.6. The Morgan fingerprint density at radius 3 is 2.21 bits per heavy atom. The Hall–Kier alpha value is 0.197. The van der Waals surface area contributed by atoms with Crippen molar-refractivity contribution in [3.05, 3.63) is 12.7 Å². The number of hydrogen-bond acceptors (Lipinski definition) is 2. The predicted molar refractivity (Wildman–Crippen MR) is 99.3 cm³/mol. The van der Waals surface area contributed by atoms with Crippen LogP contribution in [0.25, 0.3) is 0 Å². The molecule has 0 aromatic rings. The van der Waals surface area contributed by atoms with Gasteiger partial charge in [0.2, 0.25) is 0 Å². The molecule has 0 spiro atoms. The van der Waals surface area contributed by atoms with Gasteiger partial charge in [-0.3, -0.25) is 0 Å². The third-order valence-corrected chi connectivity index (χ3v) is 8.37. The monoisotopic (exact) mass is 317 g/mol. The summed E-state index contributed by atoms with van der Waals surface area (Å²) in [5.41, 5.74) is 0. The van der Waals surface area contributed by atoms with Crippen LogP contribution in [-0.2, 0) is 0 Å². The molecule has 0 aliphatic carbocycles. The van der Waals surface area contributed by atoms with Crippen molar-refractivity contribution in [3.63, 3.8) is 0 Å². The van der Waals surface area contributed by atoms with E-state index < -0.39 is 0 Å². The maximum atomic E-state index is 5.16. The average molecular weight is 318 g/mol. The summed E-state index contributed by atoms with van der Waals surface area (Å²) in [5, 5.41) is 0. The van der Waals surface area contributed by atoms with E-state index in [1.165, 1.54) is 25.3 Å². The normalized spacial score (nSPS) is 15.3. The lowest BCUT2D eigenvalue weighted by atomic mass is 10.3. The number of thioether (sulfide) groups is 1. The van der Waals surface area contributed by atoms with Crippen molar-refractivity contribution in [1.82, 2.24) is 4.90 Å². The van der Waals surface area contributed by atoms with Gasteiger partial charge >= 0.3 is 0 Å². The molecular weight excluding hydrogens is 286 g/mol. The number of nitrogens with zero attached hydrogens (tertiary/aromatic N) is 1. The molecule has 1 saturated heterocycles. The SMILES string of the molecule is C=CC[SiH]1CCCCC1.CCSC(=S)N(CC)CC. The molecule has 0 bridgehead atoms. The fourth-order valence-corrected chi connectivity index (χ4v) is 6.62. The molecule has 0 radical (unpaired) electrons. The number of allylic oxidation sites excluding steroid dienone is 1. The Morgan fingerprint density at radius 2 is 1.79 bits per heavy atom. The van der Waals surface area contributed by atoms with Gasteiger partial charge in [0.05, 0.1) is 0 Å². The van der Waals surface area contributed by atoms with Gasteiger partial charge in [0.15, 0.2) is 0 Å².